The first-order chi connectivity index (χ1) is 8.82. The van der Waals surface area contributed by atoms with Gasteiger partial charge in [-0.2, -0.15) is 0 Å². The van der Waals surface area contributed by atoms with Gasteiger partial charge in [-0.25, -0.2) is 4.98 Å². The molecule has 0 spiro atoms. The topological polar surface area (TPSA) is 82.5 Å². The summed E-state index contributed by atoms with van der Waals surface area (Å²) in [5.41, 5.74) is -0.287. The van der Waals surface area contributed by atoms with E-state index in [4.69, 9.17) is 0 Å². The van der Waals surface area contributed by atoms with Gasteiger partial charge in [0, 0.05) is 18.8 Å². The molecular weight excluding hydrogens is 266 g/mol. The second-order valence-corrected chi connectivity index (χ2v) is 5.99. The van der Waals surface area contributed by atoms with Crippen molar-refractivity contribution in [1.82, 2.24) is 9.88 Å². The van der Waals surface area contributed by atoms with Crippen LogP contribution in [0.2, 0.25) is 0 Å². The van der Waals surface area contributed by atoms with Crippen molar-refractivity contribution in [2.45, 2.75) is 38.8 Å². The molecule has 19 heavy (non-hydrogen) atoms. The average Bonchev–Trinajstić information content (AvgIpc) is 2.84. The first-order valence-electron chi connectivity index (χ1n) is 6.05. The molecule has 1 aliphatic heterocycles. The van der Waals surface area contributed by atoms with Crippen LogP contribution in [0, 0.1) is 0 Å². The fourth-order valence-electron chi connectivity index (χ4n) is 2.15. The number of aromatic nitrogens is 1. The molecule has 0 saturated carbocycles. The summed E-state index contributed by atoms with van der Waals surface area (Å²) in [5, 5.41) is 14.5. The highest BCUT2D eigenvalue weighted by Gasteiger charge is 2.43. The number of hydrogen-bond acceptors (Lipinski definition) is 5. The van der Waals surface area contributed by atoms with E-state index in [-0.39, 0.29) is 11.8 Å². The van der Waals surface area contributed by atoms with Crippen LogP contribution < -0.4 is 5.32 Å². The number of carbonyl (C=O) groups excluding carboxylic acids is 2. The lowest BCUT2D eigenvalue weighted by Crippen LogP contribution is -2.48. The smallest absolute Gasteiger partial charge is 0.273 e. The van der Waals surface area contributed by atoms with Crippen LogP contribution in [-0.2, 0) is 4.79 Å². The van der Waals surface area contributed by atoms with Crippen molar-refractivity contribution in [2.24, 2.45) is 0 Å². The lowest BCUT2D eigenvalue weighted by atomic mass is 9.98. The van der Waals surface area contributed by atoms with Gasteiger partial charge in [0.15, 0.2) is 5.13 Å². The van der Waals surface area contributed by atoms with Crippen LogP contribution in [-0.4, -0.2) is 45.0 Å². The van der Waals surface area contributed by atoms with Gasteiger partial charge in [0.1, 0.15) is 5.69 Å². The predicted molar refractivity (Wildman–Crippen MR) is 72.2 cm³/mol. The van der Waals surface area contributed by atoms with Crippen LogP contribution in [0.25, 0.3) is 0 Å². The monoisotopic (exact) mass is 283 g/mol. The third kappa shape index (κ3) is 2.62. The Morgan fingerprint density at radius 1 is 1.58 bits per heavy atom. The normalized spacial score (nSPS) is 21.5. The summed E-state index contributed by atoms with van der Waals surface area (Å²) in [7, 11) is 0. The van der Waals surface area contributed by atoms with Crippen molar-refractivity contribution in [2.75, 3.05) is 11.9 Å². The van der Waals surface area contributed by atoms with Crippen LogP contribution in [0.5, 0.6) is 0 Å². The Morgan fingerprint density at radius 2 is 2.26 bits per heavy atom. The average molecular weight is 283 g/mol. The summed E-state index contributed by atoms with van der Waals surface area (Å²) in [6.07, 6.45) is 0.0476. The zero-order valence-electron chi connectivity index (χ0n) is 11.1. The first-order valence-corrected chi connectivity index (χ1v) is 6.93. The standard InChI is InChI=1S/C12H17N3O3S/c1-7(16)13-11-14-8(6-19-11)10(18)15-5-4-9(17)12(15,2)3/h6,9,17H,4-5H2,1-3H3,(H,13,14,16). The van der Waals surface area contributed by atoms with Gasteiger partial charge in [0.25, 0.3) is 5.91 Å². The van der Waals surface area contributed by atoms with Gasteiger partial charge < -0.3 is 15.3 Å². The molecule has 2 heterocycles. The molecule has 6 nitrogen and oxygen atoms in total. The number of hydrogen-bond donors (Lipinski definition) is 2. The van der Waals surface area contributed by atoms with Gasteiger partial charge in [0.2, 0.25) is 5.91 Å². The lowest BCUT2D eigenvalue weighted by molar-refractivity contribution is -0.114. The minimum absolute atomic E-state index is 0.214. The van der Waals surface area contributed by atoms with Crippen molar-refractivity contribution in [3.8, 4) is 0 Å². The van der Waals surface area contributed by atoms with E-state index in [1.807, 2.05) is 13.8 Å². The van der Waals surface area contributed by atoms with E-state index in [2.05, 4.69) is 10.3 Å². The Morgan fingerprint density at radius 3 is 2.79 bits per heavy atom. The van der Waals surface area contributed by atoms with Gasteiger partial charge in [-0.3, -0.25) is 9.59 Å². The number of aliphatic hydroxyl groups excluding tert-OH is 1. The maximum absolute atomic E-state index is 12.4. The summed E-state index contributed by atoms with van der Waals surface area (Å²) >= 11 is 1.21. The number of carbonyl (C=O) groups is 2. The zero-order valence-corrected chi connectivity index (χ0v) is 12.0. The highest BCUT2D eigenvalue weighted by atomic mass is 32.1. The summed E-state index contributed by atoms with van der Waals surface area (Å²) in [6.45, 7) is 5.58. The van der Waals surface area contributed by atoms with E-state index in [9.17, 15) is 14.7 Å². The Kier molecular flexibility index (Phi) is 3.60. The Balaban J connectivity index is 2.16. The zero-order chi connectivity index (χ0) is 14.2. The minimum atomic E-state index is -0.588. The van der Waals surface area contributed by atoms with E-state index >= 15 is 0 Å². The number of aliphatic hydroxyl groups is 1. The molecule has 2 rings (SSSR count). The molecule has 0 aromatic carbocycles. The third-order valence-electron chi connectivity index (χ3n) is 3.39. The van der Waals surface area contributed by atoms with E-state index in [0.29, 0.717) is 23.8 Å². The summed E-state index contributed by atoms with van der Waals surface area (Å²) in [4.78, 5) is 29.0. The molecule has 0 radical (unpaired) electrons. The molecule has 0 bridgehead atoms. The number of rotatable bonds is 2. The Labute approximate surface area is 115 Å². The highest BCUT2D eigenvalue weighted by molar-refractivity contribution is 7.14. The largest absolute Gasteiger partial charge is 0.391 e. The van der Waals surface area contributed by atoms with Crippen molar-refractivity contribution >= 4 is 28.3 Å². The molecule has 1 saturated heterocycles. The predicted octanol–water partition coefficient (Wildman–Crippen LogP) is 1.09. The lowest BCUT2D eigenvalue weighted by Gasteiger charge is -2.33. The highest BCUT2D eigenvalue weighted by Crippen LogP contribution is 2.30. The van der Waals surface area contributed by atoms with Gasteiger partial charge in [-0.05, 0) is 20.3 Å². The first kappa shape index (κ1) is 14.0. The summed E-state index contributed by atoms with van der Waals surface area (Å²) in [6, 6.07) is 0. The minimum Gasteiger partial charge on any atom is -0.391 e. The van der Waals surface area contributed by atoms with Crippen LogP contribution >= 0.6 is 11.3 Å². The molecule has 1 fully saturated rings. The number of likely N-dealkylation sites (tertiary alicyclic amines) is 1. The fraction of sp³-hybridized carbons (Fsp3) is 0.583. The van der Waals surface area contributed by atoms with Crippen molar-refractivity contribution in [3.63, 3.8) is 0 Å². The second kappa shape index (κ2) is 4.90. The maximum Gasteiger partial charge on any atom is 0.273 e. The molecule has 2 N–H and O–H groups in total. The number of nitrogens with zero attached hydrogens (tertiary/aromatic N) is 2. The molecule has 2 amide bonds. The van der Waals surface area contributed by atoms with Crippen LogP contribution in [0.1, 0.15) is 37.7 Å². The number of thiazole rings is 1. The van der Waals surface area contributed by atoms with Crippen molar-refractivity contribution < 1.29 is 14.7 Å². The quantitative estimate of drug-likeness (QED) is 0.851. The summed E-state index contributed by atoms with van der Waals surface area (Å²) < 4.78 is 0. The van der Waals surface area contributed by atoms with Gasteiger partial charge in [0.05, 0.1) is 11.6 Å². The second-order valence-electron chi connectivity index (χ2n) is 5.13. The molecular formula is C12H17N3O3S. The number of anilines is 1. The van der Waals surface area contributed by atoms with Crippen LogP contribution in [0.4, 0.5) is 5.13 Å². The molecule has 1 aromatic heterocycles. The van der Waals surface area contributed by atoms with Gasteiger partial charge in [-0.1, -0.05) is 0 Å². The molecule has 0 aliphatic carbocycles. The van der Waals surface area contributed by atoms with E-state index in [1.165, 1.54) is 18.3 Å². The molecule has 1 aliphatic rings. The molecule has 1 unspecified atom stereocenters. The fourth-order valence-corrected chi connectivity index (χ4v) is 2.88. The van der Waals surface area contributed by atoms with Gasteiger partial charge >= 0.3 is 0 Å². The van der Waals surface area contributed by atoms with Crippen LogP contribution in [0.15, 0.2) is 5.38 Å². The van der Waals surface area contributed by atoms with Crippen LogP contribution in [0.3, 0.4) is 0 Å². The van der Waals surface area contributed by atoms with Crippen molar-refractivity contribution in [1.29, 1.82) is 0 Å². The summed E-state index contributed by atoms with van der Waals surface area (Å²) in [5.74, 6) is -0.431. The Bertz CT molecular complexity index is 512. The molecule has 104 valence electrons. The number of nitrogens with one attached hydrogen (secondary N) is 1. The third-order valence-corrected chi connectivity index (χ3v) is 4.15. The van der Waals surface area contributed by atoms with E-state index in [1.54, 1.807) is 10.3 Å². The molecule has 7 heteroatoms. The van der Waals surface area contributed by atoms with Gasteiger partial charge in [-0.15, -0.1) is 11.3 Å². The Hall–Kier alpha value is -1.47. The molecule has 1 atom stereocenters. The maximum atomic E-state index is 12.4. The van der Waals surface area contributed by atoms with E-state index in [0.717, 1.165) is 0 Å². The number of amides is 2. The van der Waals surface area contributed by atoms with E-state index < -0.39 is 11.6 Å². The van der Waals surface area contributed by atoms with Crippen molar-refractivity contribution in [3.05, 3.63) is 11.1 Å². The SMILES string of the molecule is CC(=O)Nc1nc(C(=O)N2CCC(O)C2(C)C)cs1. The molecule has 1 aromatic rings.